The van der Waals surface area contributed by atoms with Crippen molar-refractivity contribution in [2.45, 2.75) is 20.8 Å². The molecular formula is C25H32O3PSi+. The summed E-state index contributed by atoms with van der Waals surface area (Å²) in [5, 5.41) is 3.95. The summed E-state index contributed by atoms with van der Waals surface area (Å²) in [5.41, 5.74) is 0. The van der Waals surface area contributed by atoms with Crippen molar-refractivity contribution in [2.24, 2.45) is 0 Å². The van der Waals surface area contributed by atoms with Crippen molar-refractivity contribution in [3.8, 4) is 0 Å². The first kappa shape index (κ1) is 22.9. The van der Waals surface area contributed by atoms with E-state index in [2.05, 4.69) is 91.0 Å². The van der Waals surface area contributed by atoms with E-state index in [1.807, 2.05) is 20.8 Å². The van der Waals surface area contributed by atoms with Gasteiger partial charge in [-0.25, -0.2) is 0 Å². The van der Waals surface area contributed by atoms with Crippen molar-refractivity contribution in [1.82, 2.24) is 0 Å². The van der Waals surface area contributed by atoms with Crippen LogP contribution < -0.4 is 15.9 Å². The van der Waals surface area contributed by atoms with Crippen molar-refractivity contribution in [2.75, 3.05) is 25.6 Å². The summed E-state index contributed by atoms with van der Waals surface area (Å²) in [6.45, 7) is 7.79. The van der Waals surface area contributed by atoms with Gasteiger partial charge in [0.1, 0.15) is 29.0 Å². The highest BCUT2D eigenvalue weighted by Crippen LogP contribution is 2.57. The first-order chi connectivity index (χ1) is 14.7. The maximum absolute atomic E-state index is 6.35. The minimum absolute atomic E-state index is 0.574. The van der Waals surface area contributed by atoms with Gasteiger partial charge in [0.15, 0.2) is 0 Å². The third-order valence-corrected chi connectivity index (χ3v) is 14.3. The molecular weight excluding hydrogens is 407 g/mol. The Bertz CT molecular complexity index is 761. The topological polar surface area (TPSA) is 27.7 Å². The van der Waals surface area contributed by atoms with Crippen molar-refractivity contribution in [1.29, 1.82) is 0 Å². The van der Waals surface area contributed by atoms with Crippen molar-refractivity contribution in [3.05, 3.63) is 91.0 Å². The smallest absolute Gasteiger partial charge is 0.372 e. The maximum Gasteiger partial charge on any atom is 0.541 e. The Kier molecular flexibility index (Phi) is 8.38. The van der Waals surface area contributed by atoms with E-state index in [1.54, 1.807) is 0 Å². The minimum atomic E-state index is -2.93. The lowest BCUT2D eigenvalue weighted by Gasteiger charge is -2.35. The van der Waals surface area contributed by atoms with Crippen LogP contribution in [0.5, 0.6) is 0 Å². The van der Waals surface area contributed by atoms with Gasteiger partial charge in [-0.1, -0.05) is 54.6 Å². The predicted octanol–water partition coefficient (Wildman–Crippen LogP) is 4.57. The van der Waals surface area contributed by atoms with E-state index in [0.717, 1.165) is 5.79 Å². The van der Waals surface area contributed by atoms with E-state index in [9.17, 15) is 0 Å². The zero-order chi connectivity index (χ0) is 21.3. The largest absolute Gasteiger partial charge is 0.541 e. The van der Waals surface area contributed by atoms with E-state index < -0.39 is 16.1 Å². The molecule has 0 heterocycles. The molecule has 0 saturated carbocycles. The highest BCUT2D eigenvalue weighted by atomic mass is 31.2. The van der Waals surface area contributed by atoms with Crippen LogP contribution in [-0.4, -0.2) is 34.4 Å². The van der Waals surface area contributed by atoms with Crippen LogP contribution in [0, 0.1) is 0 Å². The molecule has 0 aliphatic heterocycles. The highest BCUT2D eigenvalue weighted by Gasteiger charge is 2.58. The van der Waals surface area contributed by atoms with E-state index in [1.165, 1.54) is 15.9 Å². The van der Waals surface area contributed by atoms with Gasteiger partial charge in [-0.2, -0.15) is 0 Å². The molecule has 5 heteroatoms. The lowest BCUT2D eigenvalue weighted by atomic mass is 10.4. The molecule has 0 spiro atoms. The van der Waals surface area contributed by atoms with Crippen LogP contribution >= 0.6 is 7.26 Å². The van der Waals surface area contributed by atoms with Crippen LogP contribution in [0.15, 0.2) is 91.0 Å². The van der Waals surface area contributed by atoms with Crippen LogP contribution in [-0.2, 0) is 13.3 Å². The maximum atomic E-state index is 6.35. The van der Waals surface area contributed by atoms with Gasteiger partial charge in [0.2, 0.25) is 0 Å². The summed E-state index contributed by atoms with van der Waals surface area (Å²) in [4.78, 5) is 0. The number of benzene rings is 3. The number of hydrogen-bond acceptors (Lipinski definition) is 3. The second-order valence-electron chi connectivity index (χ2n) is 6.96. The minimum Gasteiger partial charge on any atom is -0.372 e. The Labute approximate surface area is 182 Å². The third-order valence-electron chi connectivity index (χ3n) is 5.11. The van der Waals surface area contributed by atoms with Gasteiger partial charge >= 0.3 is 8.80 Å². The molecule has 3 rings (SSSR count). The van der Waals surface area contributed by atoms with Gasteiger partial charge in [0.05, 0.1) is 0 Å². The summed E-state index contributed by atoms with van der Waals surface area (Å²) >= 11 is 0. The monoisotopic (exact) mass is 439 g/mol. The van der Waals surface area contributed by atoms with Crippen LogP contribution in [0.25, 0.3) is 0 Å². The van der Waals surface area contributed by atoms with E-state index in [4.69, 9.17) is 13.3 Å². The fourth-order valence-electron chi connectivity index (χ4n) is 3.98. The summed E-state index contributed by atoms with van der Waals surface area (Å²) in [6.07, 6.45) is 0. The fraction of sp³-hybridized carbons (Fsp3) is 0.280. The standard InChI is InChI=1S/C25H32O3PSi/c1-4-26-30(27-5-2,28-6-3)22-29(23-16-10-7-11-17-23,24-18-12-8-13-19-24)25-20-14-9-15-21-25/h7-21H,4-6,22H2,1-3H3/q+1. The molecule has 30 heavy (non-hydrogen) atoms. The van der Waals surface area contributed by atoms with Crippen LogP contribution in [0.3, 0.4) is 0 Å². The average molecular weight is 440 g/mol. The van der Waals surface area contributed by atoms with Gasteiger partial charge in [0.25, 0.3) is 0 Å². The molecule has 0 N–H and O–H groups in total. The molecule has 158 valence electrons. The number of rotatable bonds is 11. The molecule has 3 aromatic rings. The first-order valence-corrected chi connectivity index (χ1v) is 14.6. The Hall–Kier alpha value is -1.81. The van der Waals surface area contributed by atoms with Gasteiger partial charge in [-0.15, -0.1) is 0 Å². The normalized spacial score (nSPS) is 12.1. The second-order valence-corrected chi connectivity index (χ2v) is 13.6. The van der Waals surface area contributed by atoms with Crippen molar-refractivity contribution < 1.29 is 13.3 Å². The molecule has 0 aliphatic carbocycles. The Morgan fingerprint density at radius 1 is 0.533 bits per heavy atom. The fourth-order valence-corrected chi connectivity index (χ4v) is 14.1. The summed E-state index contributed by atoms with van der Waals surface area (Å²) in [7, 11) is -5.01. The lowest BCUT2D eigenvalue weighted by Crippen LogP contribution is -2.54. The van der Waals surface area contributed by atoms with Crippen LogP contribution in [0.4, 0.5) is 0 Å². The molecule has 3 aromatic carbocycles. The van der Waals surface area contributed by atoms with Gasteiger partial charge in [-0.3, -0.25) is 0 Å². The lowest BCUT2D eigenvalue weighted by molar-refractivity contribution is 0.0770. The second kappa shape index (κ2) is 11.0. The van der Waals surface area contributed by atoms with E-state index in [-0.39, 0.29) is 0 Å². The van der Waals surface area contributed by atoms with Crippen LogP contribution in [0.1, 0.15) is 20.8 Å². The molecule has 0 fully saturated rings. The van der Waals surface area contributed by atoms with E-state index >= 15 is 0 Å². The van der Waals surface area contributed by atoms with Gasteiger partial charge in [-0.05, 0) is 57.2 Å². The van der Waals surface area contributed by atoms with Crippen molar-refractivity contribution in [3.63, 3.8) is 0 Å². The third kappa shape index (κ3) is 4.91. The molecule has 0 saturated heterocycles. The Balaban J connectivity index is 2.30. The number of hydrogen-bond donors (Lipinski definition) is 0. The SMILES string of the molecule is CCO[Si](C[P+](c1ccccc1)(c1ccccc1)c1ccccc1)(OCC)OCC. The molecule has 3 nitrogen and oxygen atoms in total. The zero-order valence-electron chi connectivity index (χ0n) is 18.2. The summed E-state index contributed by atoms with van der Waals surface area (Å²) in [6, 6.07) is 32.5. The quantitative estimate of drug-likeness (QED) is 0.324. The molecule has 0 bridgehead atoms. The average Bonchev–Trinajstić information content (AvgIpc) is 2.80. The Morgan fingerprint density at radius 3 is 1.10 bits per heavy atom. The summed E-state index contributed by atoms with van der Waals surface area (Å²) < 4.78 is 19.1. The molecule has 0 aromatic heterocycles. The molecule has 0 aliphatic rings. The highest BCUT2D eigenvalue weighted by molar-refractivity contribution is 7.97. The van der Waals surface area contributed by atoms with E-state index in [0.29, 0.717) is 19.8 Å². The molecule has 0 unspecified atom stereocenters. The van der Waals surface area contributed by atoms with Gasteiger partial charge in [0, 0.05) is 19.8 Å². The molecule has 0 radical (unpaired) electrons. The molecule has 0 amide bonds. The predicted molar refractivity (Wildman–Crippen MR) is 131 cm³/mol. The first-order valence-electron chi connectivity index (χ1n) is 10.7. The zero-order valence-corrected chi connectivity index (χ0v) is 20.1. The van der Waals surface area contributed by atoms with Crippen molar-refractivity contribution >= 4 is 32.0 Å². The van der Waals surface area contributed by atoms with Gasteiger partial charge < -0.3 is 13.3 Å². The molecule has 0 atom stereocenters. The Morgan fingerprint density at radius 2 is 0.833 bits per heavy atom. The summed E-state index contributed by atoms with van der Waals surface area (Å²) in [5.74, 6) is 0.744. The van der Waals surface area contributed by atoms with Crippen LogP contribution in [0.2, 0.25) is 0 Å².